The van der Waals surface area contributed by atoms with Gasteiger partial charge in [0.05, 0.1) is 19.8 Å². The minimum atomic E-state index is -3.65. The fourth-order valence-electron chi connectivity index (χ4n) is 2.95. The van der Waals surface area contributed by atoms with Crippen LogP contribution in [0.3, 0.4) is 0 Å². The van der Waals surface area contributed by atoms with Crippen LogP contribution in [0.25, 0.3) is 0 Å². The van der Waals surface area contributed by atoms with Gasteiger partial charge < -0.3 is 9.47 Å². The van der Waals surface area contributed by atoms with E-state index in [0.717, 1.165) is 16.7 Å². The molecular formula is C19H23NO4S. The molecule has 0 bridgehead atoms. The first-order valence-corrected chi connectivity index (χ1v) is 9.69. The van der Waals surface area contributed by atoms with Crippen LogP contribution in [-0.2, 0) is 14.8 Å². The van der Waals surface area contributed by atoms with Gasteiger partial charge in [-0.3, -0.25) is 0 Å². The third-order valence-electron chi connectivity index (χ3n) is 4.42. The quantitative estimate of drug-likeness (QED) is 0.840. The average molecular weight is 361 g/mol. The van der Waals surface area contributed by atoms with E-state index in [0.29, 0.717) is 25.4 Å². The van der Waals surface area contributed by atoms with Crippen LogP contribution in [0, 0.1) is 13.8 Å². The summed E-state index contributed by atoms with van der Waals surface area (Å²) in [5, 5.41) is 0. The third kappa shape index (κ3) is 3.71. The number of benzene rings is 2. The summed E-state index contributed by atoms with van der Waals surface area (Å²) in [4.78, 5) is 0.208. The fraction of sp³-hybridized carbons (Fsp3) is 0.368. The average Bonchev–Trinajstić information content (AvgIpc) is 2.62. The molecule has 25 heavy (non-hydrogen) atoms. The normalized spacial score (nSPS) is 18.9. The molecule has 1 saturated heterocycles. The van der Waals surface area contributed by atoms with Crippen molar-refractivity contribution in [1.82, 2.24) is 4.31 Å². The summed E-state index contributed by atoms with van der Waals surface area (Å²) in [6.45, 7) is 4.88. The Morgan fingerprint density at radius 2 is 1.76 bits per heavy atom. The number of rotatable bonds is 4. The maximum Gasteiger partial charge on any atom is 0.246 e. The molecular weight excluding hydrogens is 338 g/mol. The highest BCUT2D eigenvalue weighted by molar-refractivity contribution is 7.89. The van der Waals surface area contributed by atoms with E-state index < -0.39 is 10.0 Å². The molecule has 6 heteroatoms. The molecule has 0 N–H and O–H groups in total. The monoisotopic (exact) mass is 361 g/mol. The fourth-order valence-corrected chi connectivity index (χ4v) is 4.62. The molecule has 3 rings (SSSR count). The second-order valence-corrected chi connectivity index (χ2v) is 8.19. The van der Waals surface area contributed by atoms with E-state index in [1.807, 2.05) is 44.2 Å². The van der Waals surface area contributed by atoms with Crippen molar-refractivity contribution in [3.63, 3.8) is 0 Å². The molecule has 1 unspecified atom stereocenters. The zero-order chi connectivity index (χ0) is 18.0. The molecule has 1 heterocycles. The van der Waals surface area contributed by atoms with E-state index in [4.69, 9.17) is 9.47 Å². The molecule has 0 saturated carbocycles. The van der Waals surface area contributed by atoms with Crippen LogP contribution in [0.4, 0.5) is 0 Å². The van der Waals surface area contributed by atoms with Gasteiger partial charge in [0, 0.05) is 13.1 Å². The van der Waals surface area contributed by atoms with Crippen molar-refractivity contribution >= 4 is 10.0 Å². The Hall–Kier alpha value is -1.89. The smallest absolute Gasteiger partial charge is 0.246 e. The lowest BCUT2D eigenvalue weighted by Crippen LogP contribution is -2.42. The van der Waals surface area contributed by atoms with Gasteiger partial charge in [-0.25, -0.2) is 8.42 Å². The molecule has 2 aromatic carbocycles. The first kappa shape index (κ1) is 17.9. The maximum absolute atomic E-state index is 13.1. The molecule has 0 amide bonds. The van der Waals surface area contributed by atoms with Crippen molar-refractivity contribution in [3.05, 3.63) is 59.2 Å². The largest absolute Gasteiger partial charge is 0.495 e. The predicted octanol–water partition coefficient (Wildman–Crippen LogP) is 3.07. The molecule has 0 aliphatic carbocycles. The van der Waals surface area contributed by atoms with E-state index in [1.165, 1.54) is 11.4 Å². The summed E-state index contributed by atoms with van der Waals surface area (Å²) >= 11 is 0. The number of nitrogens with zero attached hydrogens (tertiary/aromatic N) is 1. The number of hydrogen-bond donors (Lipinski definition) is 0. The molecule has 0 radical (unpaired) electrons. The van der Waals surface area contributed by atoms with Crippen molar-refractivity contribution in [2.75, 3.05) is 26.8 Å². The van der Waals surface area contributed by atoms with E-state index in [9.17, 15) is 8.42 Å². The molecule has 1 atom stereocenters. The molecule has 1 fully saturated rings. The number of ether oxygens (including phenoxy) is 2. The van der Waals surface area contributed by atoms with Gasteiger partial charge in [0.2, 0.25) is 10.0 Å². The summed E-state index contributed by atoms with van der Waals surface area (Å²) in [6.07, 6.45) is -0.264. The van der Waals surface area contributed by atoms with Gasteiger partial charge >= 0.3 is 0 Å². The molecule has 5 nitrogen and oxygen atoms in total. The topological polar surface area (TPSA) is 55.8 Å². The predicted molar refractivity (Wildman–Crippen MR) is 96.4 cm³/mol. The van der Waals surface area contributed by atoms with Crippen molar-refractivity contribution in [2.45, 2.75) is 24.8 Å². The van der Waals surface area contributed by atoms with Gasteiger partial charge in [-0.15, -0.1) is 0 Å². The van der Waals surface area contributed by atoms with Crippen LogP contribution in [-0.4, -0.2) is 39.5 Å². The van der Waals surface area contributed by atoms with E-state index in [2.05, 4.69) is 0 Å². The number of morpholine rings is 1. The lowest BCUT2D eigenvalue weighted by Gasteiger charge is -2.32. The summed E-state index contributed by atoms with van der Waals surface area (Å²) in [5.74, 6) is 0.365. The second-order valence-electron chi connectivity index (χ2n) is 6.29. The summed E-state index contributed by atoms with van der Waals surface area (Å²) < 4.78 is 38.8. The molecule has 2 aromatic rings. The number of aryl methyl sites for hydroxylation is 2. The lowest BCUT2D eigenvalue weighted by atomic mass is 10.1. The minimum absolute atomic E-state index is 0.208. The summed E-state index contributed by atoms with van der Waals surface area (Å²) in [5.41, 5.74) is 3.03. The highest BCUT2D eigenvalue weighted by atomic mass is 32.2. The molecule has 134 valence electrons. The van der Waals surface area contributed by atoms with Gasteiger partial charge in [0.25, 0.3) is 0 Å². The Labute approximate surface area is 149 Å². The van der Waals surface area contributed by atoms with Crippen LogP contribution in [0.5, 0.6) is 5.75 Å². The summed E-state index contributed by atoms with van der Waals surface area (Å²) in [7, 11) is -2.16. The van der Waals surface area contributed by atoms with Crippen LogP contribution in [0.2, 0.25) is 0 Å². The highest BCUT2D eigenvalue weighted by Crippen LogP contribution is 2.31. The van der Waals surface area contributed by atoms with Crippen molar-refractivity contribution in [2.24, 2.45) is 0 Å². The molecule has 1 aliphatic heterocycles. The molecule has 0 aromatic heterocycles. The van der Waals surface area contributed by atoms with Crippen LogP contribution in [0.1, 0.15) is 22.8 Å². The SMILES string of the molecule is COc1ccc(C)cc1S(=O)(=O)N1CCOC(c2ccc(C)cc2)C1. The van der Waals surface area contributed by atoms with Crippen molar-refractivity contribution < 1.29 is 17.9 Å². The van der Waals surface area contributed by atoms with Crippen LogP contribution < -0.4 is 4.74 Å². The van der Waals surface area contributed by atoms with Crippen LogP contribution >= 0.6 is 0 Å². The first-order valence-electron chi connectivity index (χ1n) is 8.25. The van der Waals surface area contributed by atoms with Gasteiger partial charge in [-0.2, -0.15) is 4.31 Å². The van der Waals surface area contributed by atoms with Gasteiger partial charge in [0.15, 0.2) is 0 Å². The van der Waals surface area contributed by atoms with E-state index in [-0.39, 0.29) is 11.0 Å². The van der Waals surface area contributed by atoms with Crippen molar-refractivity contribution in [3.8, 4) is 5.75 Å². The third-order valence-corrected chi connectivity index (χ3v) is 6.30. The first-order chi connectivity index (χ1) is 11.9. The number of sulfonamides is 1. The van der Waals surface area contributed by atoms with Gasteiger partial charge in [0.1, 0.15) is 10.6 Å². The molecule has 0 spiro atoms. The Bertz CT molecular complexity index is 846. The van der Waals surface area contributed by atoms with E-state index in [1.54, 1.807) is 12.1 Å². The lowest BCUT2D eigenvalue weighted by molar-refractivity contribution is -0.00259. The molecule has 1 aliphatic rings. The zero-order valence-corrected chi connectivity index (χ0v) is 15.5. The van der Waals surface area contributed by atoms with Gasteiger partial charge in [-0.05, 0) is 37.1 Å². The Balaban J connectivity index is 1.90. The Kier molecular flexibility index (Phi) is 5.13. The second kappa shape index (κ2) is 7.15. The maximum atomic E-state index is 13.1. The minimum Gasteiger partial charge on any atom is -0.495 e. The van der Waals surface area contributed by atoms with Crippen molar-refractivity contribution in [1.29, 1.82) is 0 Å². The Morgan fingerprint density at radius 3 is 2.44 bits per heavy atom. The highest BCUT2D eigenvalue weighted by Gasteiger charge is 2.33. The summed E-state index contributed by atoms with van der Waals surface area (Å²) in [6, 6.07) is 13.2. The number of methoxy groups -OCH3 is 1. The standard InChI is InChI=1S/C19H23NO4S/c1-14-4-7-16(8-5-14)18-13-20(10-11-24-18)25(21,22)19-12-15(2)6-9-17(19)23-3/h4-9,12,18H,10-11,13H2,1-3H3. The van der Waals surface area contributed by atoms with Gasteiger partial charge in [-0.1, -0.05) is 35.9 Å². The zero-order valence-electron chi connectivity index (χ0n) is 14.7. The van der Waals surface area contributed by atoms with E-state index >= 15 is 0 Å². The Morgan fingerprint density at radius 1 is 1.08 bits per heavy atom. The van der Waals surface area contributed by atoms with Crippen LogP contribution in [0.15, 0.2) is 47.4 Å². The number of hydrogen-bond acceptors (Lipinski definition) is 4.